The van der Waals surface area contributed by atoms with Crippen molar-refractivity contribution in [1.82, 2.24) is 4.98 Å². The summed E-state index contributed by atoms with van der Waals surface area (Å²) >= 11 is 1.45. The van der Waals surface area contributed by atoms with Crippen molar-refractivity contribution in [1.29, 1.82) is 0 Å². The van der Waals surface area contributed by atoms with Gasteiger partial charge in [-0.1, -0.05) is 38.1 Å². The lowest BCUT2D eigenvalue weighted by Crippen LogP contribution is -2.14. The van der Waals surface area contributed by atoms with Gasteiger partial charge in [-0.25, -0.2) is 4.98 Å². The molecule has 2 heterocycles. The van der Waals surface area contributed by atoms with E-state index in [0.717, 1.165) is 47.1 Å². The first-order valence-corrected chi connectivity index (χ1v) is 11.9. The Labute approximate surface area is 186 Å². The van der Waals surface area contributed by atoms with E-state index in [1.165, 1.54) is 34.4 Å². The van der Waals surface area contributed by atoms with Crippen molar-refractivity contribution in [3.63, 3.8) is 0 Å². The van der Waals surface area contributed by atoms with E-state index in [2.05, 4.69) is 60.5 Å². The van der Waals surface area contributed by atoms with Crippen molar-refractivity contribution in [2.24, 2.45) is 0 Å². The molecule has 31 heavy (non-hydrogen) atoms. The number of hydrogen-bond donors (Lipinski definition) is 1. The van der Waals surface area contributed by atoms with Crippen molar-refractivity contribution >= 4 is 33.3 Å². The van der Waals surface area contributed by atoms with Gasteiger partial charge in [0.15, 0.2) is 5.13 Å². The normalized spacial score (nSPS) is 14.0. The number of aryl methyl sites for hydroxylation is 2. The molecule has 0 radical (unpaired) electrons. The fourth-order valence-electron chi connectivity index (χ4n) is 4.30. The summed E-state index contributed by atoms with van der Waals surface area (Å²) in [4.78, 5) is 17.3. The van der Waals surface area contributed by atoms with Crippen LogP contribution in [0, 0.1) is 0 Å². The van der Waals surface area contributed by atoms with Gasteiger partial charge in [0.2, 0.25) is 5.91 Å². The van der Waals surface area contributed by atoms with E-state index in [1.807, 2.05) is 5.38 Å². The van der Waals surface area contributed by atoms with Crippen molar-refractivity contribution in [2.45, 2.75) is 51.9 Å². The van der Waals surface area contributed by atoms with Gasteiger partial charge in [0, 0.05) is 21.9 Å². The van der Waals surface area contributed by atoms with Gasteiger partial charge in [-0.2, -0.15) is 0 Å². The minimum atomic E-state index is -0.0729. The van der Waals surface area contributed by atoms with Crippen LogP contribution in [-0.4, -0.2) is 10.9 Å². The fourth-order valence-corrected chi connectivity index (χ4v) is 5.04. The zero-order valence-electron chi connectivity index (χ0n) is 17.9. The number of carbonyl (C=O) groups excluding carboxylic acids is 1. The van der Waals surface area contributed by atoms with Crippen LogP contribution in [0.2, 0.25) is 0 Å². The van der Waals surface area contributed by atoms with Crippen molar-refractivity contribution in [3.8, 4) is 11.3 Å². The molecular formula is C26H26N2O2S. The number of anilines is 1. The number of benzene rings is 2. The highest BCUT2D eigenvalue weighted by molar-refractivity contribution is 7.14. The Kier molecular flexibility index (Phi) is 5.36. The number of aromatic nitrogens is 1. The number of rotatable bonds is 6. The standard InChI is InChI=1S/C26H26N2O2S/c1-3-16(2)17-7-9-18(10-8-17)23-15-31-26(27-23)28-25(29)13-21-14-30-24-12-20-6-4-5-19(20)11-22(21)24/h7-12,14-16H,3-6,13H2,1-2H3,(H,27,28,29). The lowest BCUT2D eigenvalue weighted by Gasteiger charge is -2.08. The van der Waals surface area contributed by atoms with E-state index in [9.17, 15) is 4.79 Å². The van der Waals surface area contributed by atoms with Crippen molar-refractivity contribution in [2.75, 3.05) is 5.32 Å². The van der Waals surface area contributed by atoms with Crippen LogP contribution in [0.15, 0.2) is 52.5 Å². The fraction of sp³-hybridized carbons (Fsp3) is 0.308. The van der Waals surface area contributed by atoms with Gasteiger partial charge in [0.25, 0.3) is 0 Å². The van der Waals surface area contributed by atoms with Crippen LogP contribution >= 0.6 is 11.3 Å². The number of furan rings is 1. The summed E-state index contributed by atoms with van der Waals surface area (Å²) in [6, 6.07) is 12.9. The summed E-state index contributed by atoms with van der Waals surface area (Å²) in [5.41, 5.74) is 7.87. The number of thiazole rings is 1. The number of amides is 1. The van der Waals surface area contributed by atoms with Crippen molar-refractivity contribution < 1.29 is 9.21 Å². The summed E-state index contributed by atoms with van der Waals surface area (Å²) in [6.45, 7) is 4.44. The molecule has 2 aromatic heterocycles. The average molecular weight is 431 g/mol. The Bertz CT molecular complexity index is 1240. The average Bonchev–Trinajstić information content (AvgIpc) is 3.52. The quantitative estimate of drug-likeness (QED) is 0.368. The molecule has 0 spiro atoms. The minimum Gasteiger partial charge on any atom is -0.464 e. The SMILES string of the molecule is CCC(C)c1ccc(-c2csc(NC(=O)Cc3coc4cc5c(cc34)CCC5)n2)cc1. The summed E-state index contributed by atoms with van der Waals surface area (Å²) in [6.07, 6.45) is 6.55. The van der Waals surface area contributed by atoms with Crippen LogP contribution in [0.1, 0.15) is 54.9 Å². The first-order valence-electron chi connectivity index (χ1n) is 11.0. The Morgan fingerprint density at radius 2 is 1.97 bits per heavy atom. The van der Waals surface area contributed by atoms with E-state index in [1.54, 1.807) is 6.26 Å². The molecule has 0 saturated carbocycles. The van der Waals surface area contributed by atoms with Crippen LogP contribution < -0.4 is 5.32 Å². The topological polar surface area (TPSA) is 55.1 Å². The molecule has 0 bridgehead atoms. The third-order valence-electron chi connectivity index (χ3n) is 6.36. The summed E-state index contributed by atoms with van der Waals surface area (Å²) < 4.78 is 5.73. The van der Waals surface area contributed by atoms with Crippen molar-refractivity contribution in [3.05, 3.63) is 70.3 Å². The monoisotopic (exact) mass is 430 g/mol. The molecular weight excluding hydrogens is 404 g/mol. The molecule has 0 aliphatic heterocycles. The first kappa shape index (κ1) is 20.0. The molecule has 1 amide bonds. The maximum absolute atomic E-state index is 12.7. The second kappa shape index (κ2) is 8.31. The predicted octanol–water partition coefficient (Wildman–Crippen LogP) is 6.74. The number of hydrogen-bond acceptors (Lipinski definition) is 4. The smallest absolute Gasteiger partial charge is 0.230 e. The van der Waals surface area contributed by atoms with E-state index < -0.39 is 0 Å². The highest BCUT2D eigenvalue weighted by atomic mass is 32.1. The summed E-state index contributed by atoms with van der Waals surface area (Å²) in [5, 5.41) is 6.62. The van der Waals surface area contributed by atoms with Crippen LogP contribution in [0.4, 0.5) is 5.13 Å². The maximum Gasteiger partial charge on any atom is 0.230 e. The van der Waals surface area contributed by atoms with E-state index in [0.29, 0.717) is 11.0 Å². The molecule has 2 aromatic carbocycles. The number of carbonyl (C=O) groups is 1. The summed E-state index contributed by atoms with van der Waals surface area (Å²) in [5.74, 6) is 0.482. The molecule has 1 atom stereocenters. The van der Waals surface area contributed by atoms with Gasteiger partial charge in [-0.05, 0) is 60.4 Å². The molecule has 4 nitrogen and oxygen atoms in total. The molecule has 1 aliphatic rings. The largest absolute Gasteiger partial charge is 0.464 e. The molecule has 4 aromatic rings. The molecule has 0 saturated heterocycles. The maximum atomic E-state index is 12.7. The van der Waals surface area contributed by atoms with Crippen LogP contribution in [0.25, 0.3) is 22.2 Å². The van der Waals surface area contributed by atoms with Gasteiger partial charge >= 0.3 is 0 Å². The number of nitrogens with zero attached hydrogens (tertiary/aromatic N) is 1. The third kappa shape index (κ3) is 4.02. The van der Waals surface area contributed by atoms with Gasteiger partial charge < -0.3 is 9.73 Å². The Hall–Kier alpha value is -2.92. The first-order chi connectivity index (χ1) is 15.1. The molecule has 5 heteroatoms. The lowest BCUT2D eigenvalue weighted by molar-refractivity contribution is -0.115. The van der Waals surface area contributed by atoms with Crippen LogP contribution in [0.5, 0.6) is 0 Å². The Balaban J connectivity index is 1.27. The predicted molar refractivity (Wildman–Crippen MR) is 127 cm³/mol. The minimum absolute atomic E-state index is 0.0729. The number of fused-ring (bicyclic) bond motifs is 2. The molecule has 158 valence electrons. The second-order valence-electron chi connectivity index (χ2n) is 8.43. The zero-order chi connectivity index (χ0) is 21.4. The Morgan fingerprint density at radius 1 is 1.19 bits per heavy atom. The highest BCUT2D eigenvalue weighted by Gasteiger charge is 2.17. The summed E-state index contributed by atoms with van der Waals surface area (Å²) in [7, 11) is 0. The van der Waals surface area contributed by atoms with Gasteiger partial charge in [-0.15, -0.1) is 11.3 Å². The molecule has 1 aliphatic carbocycles. The van der Waals surface area contributed by atoms with E-state index >= 15 is 0 Å². The van der Waals surface area contributed by atoms with Crippen LogP contribution in [0.3, 0.4) is 0 Å². The second-order valence-corrected chi connectivity index (χ2v) is 9.28. The third-order valence-corrected chi connectivity index (χ3v) is 7.12. The van der Waals surface area contributed by atoms with E-state index in [4.69, 9.17) is 4.42 Å². The zero-order valence-corrected chi connectivity index (χ0v) is 18.7. The highest BCUT2D eigenvalue weighted by Crippen LogP contribution is 2.31. The van der Waals surface area contributed by atoms with Crippen LogP contribution in [-0.2, 0) is 24.1 Å². The lowest BCUT2D eigenvalue weighted by atomic mass is 9.97. The Morgan fingerprint density at radius 3 is 2.74 bits per heavy atom. The van der Waals surface area contributed by atoms with Gasteiger partial charge in [0.05, 0.1) is 18.4 Å². The van der Waals surface area contributed by atoms with Gasteiger partial charge in [-0.3, -0.25) is 4.79 Å². The molecule has 1 unspecified atom stereocenters. The molecule has 5 rings (SSSR count). The number of nitrogens with one attached hydrogen (secondary N) is 1. The van der Waals surface area contributed by atoms with Gasteiger partial charge in [0.1, 0.15) is 5.58 Å². The van der Waals surface area contributed by atoms with E-state index in [-0.39, 0.29) is 12.3 Å². The molecule has 0 fully saturated rings. The molecule has 1 N–H and O–H groups in total.